The van der Waals surface area contributed by atoms with Crippen molar-refractivity contribution in [1.82, 2.24) is 4.98 Å². The zero-order valence-corrected chi connectivity index (χ0v) is 11.5. The van der Waals surface area contributed by atoms with Gasteiger partial charge in [-0.3, -0.25) is 4.99 Å². The standard InChI is InChI=1S/C15H18N2O2/c1-15(2,3)19-14(18)13-12(5-4-8-17-13)11-6-9-16-10-7-11/h4-6,8-9H,7,10H2,1-3H3. The highest BCUT2D eigenvalue weighted by molar-refractivity contribution is 5.96. The molecule has 0 saturated heterocycles. The van der Waals surface area contributed by atoms with Gasteiger partial charge in [0, 0.05) is 24.5 Å². The Morgan fingerprint density at radius 1 is 1.37 bits per heavy atom. The Bertz CT molecular complexity index is 539. The Morgan fingerprint density at radius 2 is 2.16 bits per heavy atom. The van der Waals surface area contributed by atoms with E-state index in [1.165, 1.54) is 0 Å². The van der Waals surface area contributed by atoms with Gasteiger partial charge in [-0.05, 0) is 44.9 Å². The lowest BCUT2D eigenvalue weighted by Crippen LogP contribution is -2.25. The molecule has 0 spiro atoms. The summed E-state index contributed by atoms with van der Waals surface area (Å²) in [7, 11) is 0. The van der Waals surface area contributed by atoms with Crippen molar-refractivity contribution in [3.05, 3.63) is 35.7 Å². The van der Waals surface area contributed by atoms with Gasteiger partial charge in [-0.15, -0.1) is 0 Å². The summed E-state index contributed by atoms with van der Waals surface area (Å²) in [6.45, 7) is 6.29. The van der Waals surface area contributed by atoms with Gasteiger partial charge in [-0.1, -0.05) is 6.07 Å². The fourth-order valence-electron chi connectivity index (χ4n) is 1.86. The zero-order chi connectivity index (χ0) is 13.9. The van der Waals surface area contributed by atoms with E-state index in [0.29, 0.717) is 5.69 Å². The molecule has 0 aromatic carbocycles. The maximum absolute atomic E-state index is 12.2. The largest absolute Gasteiger partial charge is 0.455 e. The van der Waals surface area contributed by atoms with Crippen molar-refractivity contribution in [1.29, 1.82) is 0 Å². The van der Waals surface area contributed by atoms with Crippen LogP contribution in [0.5, 0.6) is 0 Å². The third-order valence-electron chi connectivity index (χ3n) is 2.64. The van der Waals surface area contributed by atoms with Crippen LogP contribution >= 0.6 is 0 Å². The van der Waals surface area contributed by atoms with Crippen LogP contribution in [0.3, 0.4) is 0 Å². The monoisotopic (exact) mass is 258 g/mol. The molecule has 0 amide bonds. The summed E-state index contributed by atoms with van der Waals surface area (Å²) in [5.41, 5.74) is 1.76. The smallest absolute Gasteiger partial charge is 0.358 e. The lowest BCUT2D eigenvalue weighted by Gasteiger charge is -2.20. The van der Waals surface area contributed by atoms with Crippen LogP contribution < -0.4 is 0 Å². The molecule has 0 fully saturated rings. The number of ether oxygens (including phenoxy) is 1. The van der Waals surface area contributed by atoms with E-state index in [9.17, 15) is 4.79 Å². The number of esters is 1. The van der Waals surface area contributed by atoms with Gasteiger partial charge < -0.3 is 4.74 Å². The number of rotatable bonds is 2. The van der Waals surface area contributed by atoms with Crippen LogP contribution in [-0.4, -0.2) is 29.3 Å². The van der Waals surface area contributed by atoms with Crippen molar-refractivity contribution in [3.63, 3.8) is 0 Å². The van der Waals surface area contributed by atoms with Crippen LogP contribution in [0, 0.1) is 0 Å². The van der Waals surface area contributed by atoms with Gasteiger partial charge in [0.15, 0.2) is 5.69 Å². The molecule has 2 heterocycles. The number of pyridine rings is 1. The Kier molecular flexibility index (Phi) is 3.79. The van der Waals surface area contributed by atoms with E-state index >= 15 is 0 Å². The van der Waals surface area contributed by atoms with Crippen LogP contribution in [0.4, 0.5) is 0 Å². The zero-order valence-electron chi connectivity index (χ0n) is 11.5. The second-order valence-electron chi connectivity index (χ2n) is 5.40. The number of aromatic nitrogens is 1. The van der Waals surface area contributed by atoms with Gasteiger partial charge in [-0.25, -0.2) is 9.78 Å². The first-order chi connectivity index (χ1) is 8.97. The van der Waals surface area contributed by atoms with Crippen molar-refractivity contribution < 1.29 is 9.53 Å². The molecule has 0 N–H and O–H groups in total. The highest BCUT2D eigenvalue weighted by Crippen LogP contribution is 2.24. The summed E-state index contributed by atoms with van der Waals surface area (Å²) < 4.78 is 5.39. The molecule has 1 aliphatic rings. The first-order valence-electron chi connectivity index (χ1n) is 6.35. The summed E-state index contributed by atoms with van der Waals surface area (Å²) in [6.07, 6.45) is 6.12. The average molecular weight is 258 g/mol. The van der Waals surface area contributed by atoms with Crippen molar-refractivity contribution in [2.24, 2.45) is 4.99 Å². The summed E-state index contributed by atoms with van der Waals surface area (Å²) in [6, 6.07) is 3.73. The van der Waals surface area contributed by atoms with E-state index in [-0.39, 0.29) is 5.97 Å². The van der Waals surface area contributed by atoms with Gasteiger partial charge in [-0.2, -0.15) is 0 Å². The highest BCUT2D eigenvalue weighted by Gasteiger charge is 2.22. The molecular formula is C15H18N2O2. The Balaban J connectivity index is 2.33. The first-order valence-corrected chi connectivity index (χ1v) is 6.35. The maximum Gasteiger partial charge on any atom is 0.358 e. The van der Waals surface area contributed by atoms with Crippen LogP contribution in [-0.2, 0) is 4.74 Å². The number of aliphatic imine (C=N–C) groups is 1. The Labute approximate surface area is 113 Å². The van der Waals surface area contributed by atoms with Gasteiger partial charge >= 0.3 is 5.97 Å². The summed E-state index contributed by atoms with van der Waals surface area (Å²) in [5.74, 6) is -0.383. The molecule has 19 heavy (non-hydrogen) atoms. The van der Waals surface area contributed by atoms with E-state index in [2.05, 4.69) is 9.98 Å². The molecule has 2 rings (SSSR count). The number of hydrogen-bond acceptors (Lipinski definition) is 4. The molecule has 0 radical (unpaired) electrons. The van der Waals surface area contributed by atoms with Crippen molar-refractivity contribution in [3.8, 4) is 0 Å². The SMILES string of the molecule is CC(C)(C)OC(=O)c1ncccc1C1=CC=NCC1. The number of nitrogens with zero attached hydrogens (tertiary/aromatic N) is 2. The van der Waals surface area contributed by atoms with Gasteiger partial charge in [0.1, 0.15) is 5.60 Å². The van der Waals surface area contributed by atoms with E-state index in [0.717, 1.165) is 24.1 Å². The van der Waals surface area contributed by atoms with E-state index in [1.807, 2.05) is 39.0 Å². The first kappa shape index (κ1) is 13.5. The minimum absolute atomic E-state index is 0.374. The van der Waals surface area contributed by atoms with Crippen LogP contribution in [0.15, 0.2) is 29.4 Å². The summed E-state index contributed by atoms with van der Waals surface area (Å²) >= 11 is 0. The van der Waals surface area contributed by atoms with Crippen molar-refractivity contribution in [2.45, 2.75) is 32.8 Å². The maximum atomic E-state index is 12.2. The van der Waals surface area contributed by atoms with Crippen molar-refractivity contribution >= 4 is 17.8 Å². The van der Waals surface area contributed by atoms with Gasteiger partial charge in [0.05, 0.1) is 0 Å². The number of carbonyl (C=O) groups is 1. The summed E-state index contributed by atoms with van der Waals surface area (Å²) in [4.78, 5) is 20.5. The molecule has 0 bridgehead atoms. The molecule has 0 unspecified atom stereocenters. The fourth-order valence-corrected chi connectivity index (χ4v) is 1.86. The van der Waals surface area contributed by atoms with E-state index < -0.39 is 5.60 Å². The fraction of sp³-hybridized carbons (Fsp3) is 0.400. The quantitative estimate of drug-likeness (QED) is 0.766. The molecule has 0 atom stereocenters. The van der Waals surface area contributed by atoms with Crippen molar-refractivity contribution in [2.75, 3.05) is 6.54 Å². The van der Waals surface area contributed by atoms with E-state index in [4.69, 9.17) is 4.74 Å². The molecule has 1 aliphatic heterocycles. The molecule has 4 heteroatoms. The normalized spacial score (nSPS) is 15.0. The minimum Gasteiger partial charge on any atom is -0.455 e. The average Bonchev–Trinajstić information content (AvgIpc) is 2.38. The second kappa shape index (κ2) is 5.34. The minimum atomic E-state index is -0.520. The van der Waals surface area contributed by atoms with Gasteiger partial charge in [0.2, 0.25) is 0 Å². The third-order valence-corrected chi connectivity index (χ3v) is 2.64. The Morgan fingerprint density at radius 3 is 2.79 bits per heavy atom. The number of carbonyl (C=O) groups excluding carboxylic acids is 1. The molecule has 0 aliphatic carbocycles. The van der Waals surface area contributed by atoms with Crippen LogP contribution in [0.1, 0.15) is 43.2 Å². The van der Waals surface area contributed by atoms with Crippen LogP contribution in [0.25, 0.3) is 5.57 Å². The van der Waals surface area contributed by atoms with E-state index in [1.54, 1.807) is 12.4 Å². The number of allylic oxidation sites excluding steroid dienone is 1. The Hall–Kier alpha value is -1.97. The number of dihydropyridines is 1. The highest BCUT2D eigenvalue weighted by atomic mass is 16.6. The predicted molar refractivity (Wildman–Crippen MR) is 75.4 cm³/mol. The molecule has 100 valence electrons. The van der Waals surface area contributed by atoms with Gasteiger partial charge in [0.25, 0.3) is 0 Å². The number of hydrogen-bond donors (Lipinski definition) is 0. The molecule has 0 saturated carbocycles. The molecule has 4 nitrogen and oxygen atoms in total. The molecule has 1 aromatic rings. The predicted octanol–water partition coefficient (Wildman–Crippen LogP) is 2.89. The molecule has 1 aromatic heterocycles. The second-order valence-corrected chi connectivity index (χ2v) is 5.40. The topological polar surface area (TPSA) is 51.5 Å². The summed E-state index contributed by atoms with van der Waals surface area (Å²) in [5, 5.41) is 0. The third kappa shape index (κ3) is 3.50. The van der Waals surface area contributed by atoms with Crippen LogP contribution in [0.2, 0.25) is 0 Å². The lowest BCUT2D eigenvalue weighted by atomic mass is 9.99. The molecular weight excluding hydrogens is 240 g/mol. The lowest BCUT2D eigenvalue weighted by molar-refractivity contribution is 0.00625.